The van der Waals surface area contributed by atoms with Crippen molar-refractivity contribution < 1.29 is 14.1 Å². The van der Waals surface area contributed by atoms with Gasteiger partial charge in [-0.05, 0) is 53.9 Å². The van der Waals surface area contributed by atoms with Gasteiger partial charge >= 0.3 is 0 Å². The molecular weight excluding hydrogens is 390 g/mol. The summed E-state index contributed by atoms with van der Waals surface area (Å²) in [5, 5.41) is 6.23. The Morgan fingerprint density at radius 1 is 1.00 bits per heavy atom. The molecule has 0 saturated carbocycles. The van der Waals surface area contributed by atoms with E-state index in [4.69, 9.17) is 9.26 Å². The highest BCUT2D eigenvalue weighted by atomic mass is 16.5. The quantitative estimate of drug-likeness (QED) is 0.475. The first kappa shape index (κ1) is 19.3. The highest BCUT2D eigenvalue weighted by Crippen LogP contribution is 2.30. The fourth-order valence-electron chi connectivity index (χ4n) is 4.17. The van der Waals surface area contributed by atoms with E-state index >= 15 is 0 Å². The first-order valence-electron chi connectivity index (χ1n) is 10.5. The second-order valence-corrected chi connectivity index (χ2v) is 7.78. The van der Waals surface area contributed by atoms with Crippen molar-refractivity contribution in [3.63, 3.8) is 0 Å². The van der Waals surface area contributed by atoms with Crippen molar-refractivity contribution in [2.75, 3.05) is 20.2 Å². The number of fused-ring (bicyclic) bond motifs is 1. The van der Waals surface area contributed by atoms with E-state index in [1.54, 1.807) is 7.11 Å². The number of carbonyl (C=O) groups excluding carboxylic acids is 1. The molecule has 5 rings (SSSR count). The van der Waals surface area contributed by atoms with E-state index in [0.29, 0.717) is 24.8 Å². The van der Waals surface area contributed by atoms with Crippen LogP contribution in [0, 0.1) is 0 Å². The number of methoxy groups -OCH3 is 1. The fraction of sp³-hybridized carbons (Fsp3) is 0.240. The van der Waals surface area contributed by atoms with Gasteiger partial charge < -0.3 is 14.2 Å². The lowest BCUT2D eigenvalue weighted by Gasteiger charge is -2.30. The number of benzene rings is 3. The zero-order valence-electron chi connectivity index (χ0n) is 17.3. The number of nitrogens with zero attached hydrogens (tertiary/aromatic N) is 3. The molecule has 1 aromatic heterocycles. The third kappa shape index (κ3) is 3.77. The van der Waals surface area contributed by atoms with E-state index in [2.05, 4.69) is 10.1 Å². The van der Waals surface area contributed by atoms with Gasteiger partial charge in [-0.25, -0.2) is 0 Å². The molecule has 0 bridgehead atoms. The lowest BCUT2D eigenvalue weighted by Crippen LogP contribution is -2.38. The number of carbonyl (C=O) groups is 1. The van der Waals surface area contributed by atoms with E-state index in [-0.39, 0.29) is 11.8 Å². The molecule has 1 saturated heterocycles. The standard InChI is InChI=1S/C25H23N3O3/c1-30-20-11-9-18(10-12-20)23-26-24(31-27-23)19-13-15-28(16-14-19)25(29)22-8-4-6-17-5-2-3-7-21(17)22/h2-12,19H,13-16H2,1H3. The Morgan fingerprint density at radius 3 is 2.52 bits per heavy atom. The van der Waals surface area contributed by atoms with Crippen LogP contribution >= 0.6 is 0 Å². The van der Waals surface area contributed by atoms with Gasteiger partial charge in [-0.3, -0.25) is 4.79 Å². The van der Waals surface area contributed by atoms with Crippen molar-refractivity contribution in [1.82, 2.24) is 15.0 Å². The summed E-state index contributed by atoms with van der Waals surface area (Å²) in [6.07, 6.45) is 1.61. The molecule has 1 fully saturated rings. The summed E-state index contributed by atoms with van der Waals surface area (Å²) in [6.45, 7) is 1.35. The Kier molecular flexibility index (Phi) is 5.12. The van der Waals surface area contributed by atoms with E-state index in [1.165, 1.54) is 0 Å². The number of hydrogen-bond acceptors (Lipinski definition) is 5. The molecule has 1 aliphatic heterocycles. The molecule has 0 aliphatic carbocycles. The molecule has 0 unspecified atom stereocenters. The molecule has 0 atom stereocenters. The van der Waals surface area contributed by atoms with Crippen LogP contribution in [-0.4, -0.2) is 41.1 Å². The third-order valence-corrected chi connectivity index (χ3v) is 5.94. The largest absolute Gasteiger partial charge is 0.497 e. The lowest BCUT2D eigenvalue weighted by molar-refractivity contribution is 0.0706. The normalized spacial score (nSPS) is 14.7. The topological polar surface area (TPSA) is 68.5 Å². The van der Waals surface area contributed by atoms with Crippen LogP contribution in [0.1, 0.15) is 35.0 Å². The molecule has 4 aromatic rings. The van der Waals surface area contributed by atoms with Crippen LogP contribution in [0.4, 0.5) is 0 Å². The smallest absolute Gasteiger partial charge is 0.254 e. The first-order chi connectivity index (χ1) is 15.2. The minimum absolute atomic E-state index is 0.0831. The minimum Gasteiger partial charge on any atom is -0.497 e. The van der Waals surface area contributed by atoms with Crippen LogP contribution in [0.25, 0.3) is 22.2 Å². The molecule has 1 aliphatic rings. The summed E-state index contributed by atoms with van der Waals surface area (Å²) in [4.78, 5) is 19.7. The highest BCUT2D eigenvalue weighted by molar-refractivity contribution is 6.07. The second-order valence-electron chi connectivity index (χ2n) is 7.78. The van der Waals surface area contributed by atoms with Crippen molar-refractivity contribution in [2.45, 2.75) is 18.8 Å². The Bertz CT molecular complexity index is 1200. The number of rotatable bonds is 4. The van der Waals surface area contributed by atoms with Gasteiger partial charge in [0.2, 0.25) is 11.7 Å². The number of piperidine rings is 1. The Hall–Kier alpha value is -3.67. The van der Waals surface area contributed by atoms with Gasteiger partial charge in [-0.15, -0.1) is 0 Å². The van der Waals surface area contributed by atoms with Crippen LogP contribution < -0.4 is 4.74 Å². The number of aromatic nitrogens is 2. The summed E-state index contributed by atoms with van der Waals surface area (Å²) >= 11 is 0. The molecule has 0 radical (unpaired) electrons. The van der Waals surface area contributed by atoms with Crippen molar-refractivity contribution >= 4 is 16.7 Å². The van der Waals surface area contributed by atoms with Crippen LogP contribution in [-0.2, 0) is 0 Å². The van der Waals surface area contributed by atoms with Crippen LogP contribution in [0.3, 0.4) is 0 Å². The number of likely N-dealkylation sites (tertiary alicyclic amines) is 1. The van der Waals surface area contributed by atoms with Gasteiger partial charge in [-0.2, -0.15) is 4.98 Å². The van der Waals surface area contributed by atoms with Crippen LogP contribution in [0.2, 0.25) is 0 Å². The molecule has 3 aromatic carbocycles. The van der Waals surface area contributed by atoms with Gasteiger partial charge in [-0.1, -0.05) is 41.6 Å². The van der Waals surface area contributed by atoms with Crippen molar-refractivity contribution in [3.8, 4) is 17.1 Å². The van der Waals surface area contributed by atoms with E-state index in [1.807, 2.05) is 71.6 Å². The minimum atomic E-state index is 0.0831. The average Bonchev–Trinajstić information content (AvgIpc) is 3.34. The lowest BCUT2D eigenvalue weighted by atomic mass is 9.95. The molecular formula is C25H23N3O3. The number of hydrogen-bond donors (Lipinski definition) is 0. The molecule has 6 heteroatoms. The Balaban J connectivity index is 1.27. The molecule has 156 valence electrons. The summed E-state index contributed by atoms with van der Waals surface area (Å²) in [6, 6.07) is 21.5. The maximum atomic E-state index is 13.2. The maximum absolute atomic E-state index is 13.2. The zero-order valence-corrected chi connectivity index (χ0v) is 17.3. The number of amides is 1. The van der Waals surface area contributed by atoms with E-state index < -0.39 is 0 Å². The monoisotopic (exact) mass is 413 g/mol. The zero-order chi connectivity index (χ0) is 21.2. The molecule has 31 heavy (non-hydrogen) atoms. The first-order valence-corrected chi connectivity index (χ1v) is 10.5. The third-order valence-electron chi connectivity index (χ3n) is 5.94. The second kappa shape index (κ2) is 8.22. The summed E-state index contributed by atoms with van der Waals surface area (Å²) in [7, 11) is 1.64. The molecule has 2 heterocycles. The Labute approximate surface area is 180 Å². The fourth-order valence-corrected chi connectivity index (χ4v) is 4.17. The van der Waals surface area contributed by atoms with Gasteiger partial charge in [0.05, 0.1) is 7.11 Å². The van der Waals surface area contributed by atoms with Gasteiger partial charge in [0.25, 0.3) is 5.91 Å². The predicted octanol–water partition coefficient (Wildman–Crippen LogP) is 4.92. The predicted molar refractivity (Wildman–Crippen MR) is 118 cm³/mol. The van der Waals surface area contributed by atoms with Crippen LogP contribution in [0.5, 0.6) is 5.75 Å². The summed E-state index contributed by atoms with van der Waals surface area (Å²) < 4.78 is 10.8. The van der Waals surface area contributed by atoms with Gasteiger partial charge in [0, 0.05) is 30.1 Å². The maximum Gasteiger partial charge on any atom is 0.254 e. The highest BCUT2D eigenvalue weighted by Gasteiger charge is 2.28. The SMILES string of the molecule is COc1ccc(-c2noc(C3CCN(C(=O)c4cccc5ccccc45)CC3)n2)cc1. The summed E-state index contributed by atoms with van der Waals surface area (Å²) in [5.41, 5.74) is 1.65. The molecule has 0 N–H and O–H groups in total. The van der Waals surface area contributed by atoms with E-state index in [0.717, 1.165) is 40.5 Å². The average molecular weight is 413 g/mol. The number of ether oxygens (including phenoxy) is 1. The van der Waals surface area contributed by atoms with E-state index in [9.17, 15) is 4.79 Å². The van der Waals surface area contributed by atoms with Gasteiger partial charge in [0.15, 0.2) is 0 Å². The molecule has 1 amide bonds. The Morgan fingerprint density at radius 2 is 1.74 bits per heavy atom. The van der Waals surface area contributed by atoms with Crippen molar-refractivity contribution in [3.05, 3.63) is 78.2 Å². The van der Waals surface area contributed by atoms with Crippen molar-refractivity contribution in [1.29, 1.82) is 0 Å². The molecule has 6 nitrogen and oxygen atoms in total. The molecule has 0 spiro atoms. The van der Waals surface area contributed by atoms with Gasteiger partial charge in [0.1, 0.15) is 5.75 Å². The summed E-state index contributed by atoms with van der Waals surface area (Å²) in [5.74, 6) is 2.25. The van der Waals surface area contributed by atoms with Crippen LogP contribution in [0.15, 0.2) is 71.3 Å². The van der Waals surface area contributed by atoms with Crippen molar-refractivity contribution in [2.24, 2.45) is 0 Å².